The first kappa shape index (κ1) is 13.3. The van der Waals surface area contributed by atoms with Gasteiger partial charge in [-0.1, -0.05) is 11.8 Å². The first-order chi connectivity index (χ1) is 9.55. The lowest BCUT2D eigenvalue weighted by molar-refractivity contribution is 0.388. The highest BCUT2D eigenvalue weighted by atomic mass is 32.2. The van der Waals surface area contributed by atoms with E-state index in [4.69, 9.17) is 0 Å². The standard InChI is InChI=1S/C14H17N3O2S/c1-20(18,19)17-9-7-16(8-10-17)14-11-15-13-6-4-2-3-5-12(13)14/h5-6,11,15H,4,7-10H2,1H3. The Kier molecular flexibility index (Phi) is 3.32. The number of aromatic nitrogens is 1. The lowest BCUT2D eigenvalue weighted by atomic mass is 10.2. The largest absolute Gasteiger partial charge is 0.367 e. The number of H-pyrrole nitrogens is 1. The second-order valence-corrected chi connectivity index (χ2v) is 7.01. The van der Waals surface area contributed by atoms with Crippen molar-refractivity contribution in [1.29, 1.82) is 0 Å². The van der Waals surface area contributed by atoms with Crippen LogP contribution >= 0.6 is 0 Å². The molecule has 0 atom stereocenters. The molecule has 2 aliphatic rings. The average molecular weight is 291 g/mol. The van der Waals surface area contributed by atoms with Crippen molar-refractivity contribution in [2.45, 2.75) is 6.42 Å². The van der Waals surface area contributed by atoms with Crippen molar-refractivity contribution in [2.75, 3.05) is 37.3 Å². The number of anilines is 1. The predicted octanol–water partition coefficient (Wildman–Crippen LogP) is -0.936. The Balaban J connectivity index is 1.86. The van der Waals surface area contributed by atoms with Crippen LogP contribution in [0.1, 0.15) is 6.42 Å². The Morgan fingerprint density at radius 3 is 2.70 bits per heavy atom. The zero-order chi connectivity index (χ0) is 14.2. The summed E-state index contributed by atoms with van der Waals surface area (Å²) in [5, 5.41) is 2.20. The molecule has 1 aliphatic carbocycles. The fourth-order valence-electron chi connectivity index (χ4n) is 2.62. The summed E-state index contributed by atoms with van der Waals surface area (Å²) in [5.41, 5.74) is 1.11. The molecule has 0 aromatic carbocycles. The van der Waals surface area contributed by atoms with Gasteiger partial charge in [-0.05, 0) is 12.2 Å². The molecule has 0 unspecified atom stereocenters. The van der Waals surface area contributed by atoms with E-state index in [1.807, 2.05) is 12.3 Å². The minimum absolute atomic E-state index is 0.536. The molecule has 5 nitrogen and oxygen atoms in total. The average Bonchev–Trinajstić information content (AvgIpc) is 2.67. The summed E-state index contributed by atoms with van der Waals surface area (Å²) in [6.07, 6.45) is 8.03. The molecule has 6 heteroatoms. The van der Waals surface area contributed by atoms with E-state index < -0.39 is 10.0 Å². The van der Waals surface area contributed by atoms with Crippen molar-refractivity contribution < 1.29 is 8.42 Å². The molecule has 1 aliphatic heterocycles. The topological polar surface area (TPSA) is 56.4 Å². The van der Waals surface area contributed by atoms with E-state index in [0.29, 0.717) is 26.2 Å². The second kappa shape index (κ2) is 5.00. The molecular formula is C14H17N3O2S. The summed E-state index contributed by atoms with van der Waals surface area (Å²) in [4.78, 5) is 5.48. The quantitative estimate of drug-likeness (QED) is 0.716. The van der Waals surface area contributed by atoms with Gasteiger partial charge in [0.05, 0.1) is 11.9 Å². The number of aromatic amines is 1. The van der Waals surface area contributed by atoms with Gasteiger partial charge in [-0.25, -0.2) is 8.42 Å². The Morgan fingerprint density at radius 1 is 1.25 bits per heavy atom. The molecule has 106 valence electrons. The van der Waals surface area contributed by atoms with Crippen molar-refractivity contribution in [3.8, 4) is 11.8 Å². The predicted molar refractivity (Wildman–Crippen MR) is 80.0 cm³/mol. The number of nitrogens with one attached hydrogen (secondary N) is 1. The normalized spacial score (nSPS) is 19.1. The number of nitrogens with zero attached hydrogens (tertiary/aromatic N) is 2. The molecule has 0 radical (unpaired) electrons. The maximum absolute atomic E-state index is 11.5. The van der Waals surface area contributed by atoms with Crippen LogP contribution < -0.4 is 15.5 Å². The molecule has 3 rings (SSSR count). The highest BCUT2D eigenvalue weighted by Gasteiger charge is 2.24. The summed E-state index contributed by atoms with van der Waals surface area (Å²) in [5.74, 6) is 6.09. The summed E-state index contributed by atoms with van der Waals surface area (Å²) < 4.78 is 24.6. The van der Waals surface area contributed by atoms with Gasteiger partial charge in [0.1, 0.15) is 0 Å². The van der Waals surface area contributed by atoms with Crippen LogP contribution in [0.15, 0.2) is 6.20 Å². The molecule has 20 heavy (non-hydrogen) atoms. The summed E-state index contributed by atoms with van der Waals surface area (Å²) in [7, 11) is -3.08. The molecule has 2 heterocycles. The first-order valence-corrected chi connectivity index (χ1v) is 8.47. The van der Waals surface area contributed by atoms with Crippen LogP contribution in [0.25, 0.3) is 12.2 Å². The highest BCUT2D eigenvalue weighted by molar-refractivity contribution is 7.88. The van der Waals surface area contributed by atoms with Crippen LogP contribution in [0, 0.1) is 11.8 Å². The molecule has 1 fully saturated rings. The monoisotopic (exact) mass is 291 g/mol. The Hall–Kier alpha value is -1.71. The number of sulfonamides is 1. The Bertz CT molecular complexity index is 788. The van der Waals surface area contributed by atoms with Gasteiger partial charge in [0.2, 0.25) is 10.0 Å². The number of fused-ring (bicyclic) bond motifs is 1. The van der Waals surface area contributed by atoms with Gasteiger partial charge in [0.15, 0.2) is 0 Å². The Labute approximate surface area is 118 Å². The fourth-order valence-corrected chi connectivity index (χ4v) is 3.44. The third-order valence-corrected chi connectivity index (χ3v) is 5.01. The van der Waals surface area contributed by atoms with E-state index in [-0.39, 0.29) is 0 Å². The van der Waals surface area contributed by atoms with Crippen LogP contribution in [-0.4, -0.2) is 50.1 Å². The summed E-state index contributed by atoms with van der Waals surface area (Å²) >= 11 is 0. The van der Waals surface area contributed by atoms with Gasteiger partial charge in [0, 0.05) is 49.4 Å². The molecule has 0 spiro atoms. The van der Waals surface area contributed by atoms with E-state index in [0.717, 1.165) is 22.7 Å². The van der Waals surface area contributed by atoms with Crippen LogP contribution in [0.4, 0.5) is 5.69 Å². The number of piperazine rings is 1. The van der Waals surface area contributed by atoms with Gasteiger partial charge in [-0.15, -0.1) is 0 Å². The number of rotatable bonds is 2. The van der Waals surface area contributed by atoms with E-state index in [9.17, 15) is 8.42 Å². The van der Waals surface area contributed by atoms with Crippen molar-refractivity contribution in [1.82, 2.24) is 9.29 Å². The first-order valence-electron chi connectivity index (χ1n) is 6.62. The van der Waals surface area contributed by atoms with E-state index in [2.05, 4.69) is 27.8 Å². The van der Waals surface area contributed by atoms with Crippen molar-refractivity contribution >= 4 is 27.9 Å². The zero-order valence-electron chi connectivity index (χ0n) is 11.4. The van der Waals surface area contributed by atoms with Crippen LogP contribution in [0.3, 0.4) is 0 Å². The van der Waals surface area contributed by atoms with Crippen LogP contribution in [0.2, 0.25) is 0 Å². The molecule has 1 aromatic rings. The molecule has 1 aromatic heterocycles. The molecule has 0 saturated carbocycles. The Morgan fingerprint density at radius 2 is 2.00 bits per heavy atom. The molecule has 1 saturated heterocycles. The molecule has 0 bridgehead atoms. The zero-order valence-corrected chi connectivity index (χ0v) is 12.2. The maximum atomic E-state index is 11.5. The van der Waals surface area contributed by atoms with Gasteiger partial charge < -0.3 is 9.88 Å². The highest BCUT2D eigenvalue weighted by Crippen LogP contribution is 2.12. The van der Waals surface area contributed by atoms with Crippen molar-refractivity contribution in [3.05, 3.63) is 16.8 Å². The van der Waals surface area contributed by atoms with E-state index >= 15 is 0 Å². The van der Waals surface area contributed by atoms with Crippen molar-refractivity contribution in [3.63, 3.8) is 0 Å². The second-order valence-electron chi connectivity index (χ2n) is 5.02. The smallest absolute Gasteiger partial charge is 0.211 e. The minimum atomic E-state index is -3.08. The van der Waals surface area contributed by atoms with Gasteiger partial charge in [-0.3, -0.25) is 0 Å². The van der Waals surface area contributed by atoms with E-state index in [1.54, 1.807) is 0 Å². The summed E-state index contributed by atoms with van der Waals surface area (Å²) in [6.45, 7) is 2.49. The molecule has 0 amide bonds. The molecule has 1 N–H and O–H groups in total. The number of hydrogen-bond acceptors (Lipinski definition) is 3. The van der Waals surface area contributed by atoms with E-state index in [1.165, 1.54) is 10.6 Å². The van der Waals surface area contributed by atoms with Crippen molar-refractivity contribution in [2.24, 2.45) is 0 Å². The number of hydrogen-bond donors (Lipinski definition) is 1. The maximum Gasteiger partial charge on any atom is 0.211 e. The lowest BCUT2D eigenvalue weighted by Crippen LogP contribution is -2.49. The SMILES string of the molecule is CS(=O)(=O)N1CCN(c2c[nH]c3c2=CC#CCC=3)CC1. The van der Waals surface area contributed by atoms with Gasteiger partial charge in [0.25, 0.3) is 0 Å². The fraction of sp³-hybridized carbons (Fsp3) is 0.429. The summed E-state index contributed by atoms with van der Waals surface area (Å²) in [6, 6.07) is 0. The van der Waals surface area contributed by atoms with Gasteiger partial charge in [-0.2, -0.15) is 4.31 Å². The molecular weight excluding hydrogens is 274 g/mol. The van der Waals surface area contributed by atoms with Crippen LogP contribution in [0.5, 0.6) is 0 Å². The van der Waals surface area contributed by atoms with Crippen LogP contribution in [-0.2, 0) is 10.0 Å². The third-order valence-electron chi connectivity index (χ3n) is 3.71. The van der Waals surface area contributed by atoms with Gasteiger partial charge >= 0.3 is 0 Å². The third kappa shape index (κ3) is 2.47. The minimum Gasteiger partial charge on any atom is -0.367 e. The lowest BCUT2D eigenvalue weighted by Gasteiger charge is -2.34.